The average Bonchev–Trinajstić information content (AvgIpc) is 3.03. The Balaban J connectivity index is 1.33. The van der Waals surface area contributed by atoms with Crippen LogP contribution in [0.2, 0.25) is 5.02 Å². The standard InChI is InChI=1S/C35H43ClN4O4/c1-23(2)44-32-19-30-26(18-31(32)42-4)16-17-40(35(30)25-8-10-27(36)11-9-25)29-14-15-33(38-20-29)39(3)22-24-6-12-28(13-7-24)37-21-34(41)43-5/h8-11,14-20,23-24,28,35,37H,6-7,12-13,21-22H2,1-5H3/t24?,28?,35-/m0/s1. The Morgan fingerprint density at radius 3 is 2.45 bits per heavy atom. The number of hydrogen-bond acceptors (Lipinski definition) is 8. The zero-order valence-electron chi connectivity index (χ0n) is 26.3. The Bertz CT molecular complexity index is 1440. The maximum Gasteiger partial charge on any atom is 0.319 e. The highest BCUT2D eigenvalue weighted by atomic mass is 35.5. The van der Waals surface area contributed by atoms with Crippen LogP contribution in [0.1, 0.15) is 62.3 Å². The first-order valence-corrected chi connectivity index (χ1v) is 15.7. The number of nitrogens with one attached hydrogen (secondary N) is 1. The number of benzene rings is 2. The third-order valence-corrected chi connectivity index (χ3v) is 8.72. The van der Waals surface area contributed by atoms with Gasteiger partial charge < -0.3 is 29.3 Å². The number of hydrogen-bond donors (Lipinski definition) is 1. The fourth-order valence-corrected chi connectivity index (χ4v) is 6.31. The molecular formula is C35H43ClN4O4. The van der Waals surface area contributed by atoms with Gasteiger partial charge in [-0.2, -0.15) is 0 Å². The Labute approximate surface area is 266 Å². The van der Waals surface area contributed by atoms with E-state index in [1.807, 2.05) is 38.2 Å². The minimum Gasteiger partial charge on any atom is -0.493 e. The van der Waals surface area contributed by atoms with Gasteiger partial charge in [-0.3, -0.25) is 4.79 Å². The summed E-state index contributed by atoms with van der Waals surface area (Å²) in [6.07, 6.45) is 10.5. The number of carbonyl (C=O) groups is 1. The van der Waals surface area contributed by atoms with Crippen LogP contribution < -0.4 is 24.6 Å². The summed E-state index contributed by atoms with van der Waals surface area (Å²) in [5.41, 5.74) is 4.29. The number of nitrogens with zero attached hydrogens (tertiary/aromatic N) is 3. The van der Waals surface area contributed by atoms with Crippen molar-refractivity contribution in [1.29, 1.82) is 0 Å². The predicted octanol–water partition coefficient (Wildman–Crippen LogP) is 6.87. The molecule has 44 heavy (non-hydrogen) atoms. The van der Waals surface area contributed by atoms with Crippen LogP contribution in [0.5, 0.6) is 11.5 Å². The molecule has 1 saturated carbocycles. The van der Waals surface area contributed by atoms with Crippen molar-refractivity contribution in [2.75, 3.05) is 44.2 Å². The third kappa shape index (κ3) is 7.48. The Kier molecular flexibility index (Phi) is 10.3. The zero-order chi connectivity index (χ0) is 31.2. The summed E-state index contributed by atoms with van der Waals surface area (Å²) >= 11 is 6.28. The van der Waals surface area contributed by atoms with E-state index in [1.54, 1.807) is 7.11 Å². The van der Waals surface area contributed by atoms with Crippen LogP contribution in [0.4, 0.5) is 11.5 Å². The minimum absolute atomic E-state index is 0.0122. The summed E-state index contributed by atoms with van der Waals surface area (Å²) in [7, 11) is 5.21. The van der Waals surface area contributed by atoms with Gasteiger partial charge in [-0.05, 0) is 105 Å². The number of rotatable bonds is 11. The number of fused-ring (bicyclic) bond motifs is 1. The van der Waals surface area contributed by atoms with Crippen molar-refractivity contribution in [3.05, 3.63) is 82.6 Å². The highest BCUT2D eigenvalue weighted by Gasteiger charge is 2.29. The molecule has 8 nitrogen and oxygen atoms in total. The van der Waals surface area contributed by atoms with Gasteiger partial charge in [0, 0.05) is 30.9 Å². The molecule has 1 N–H and O–H groups in total. The van der Waals surface area contributed by atoms with E-state index in [4.69, 9.17) is 30.8 Å². The van der Waals surface area contributed by atoms with Gasteiger partial charge in [-0.15, -0.1) is 0 Å². The summed E-state index contributed by atoms with van der Waals surface area (Å²) in [6, 6.07) is 16.7. The summed E-state index contributed by atoms with van der Waals surface area (Å²) < 4.78 is 16.6. The number of esters is 1. The third-order valence-electron chi connectivity index (χ3n) is 8.47. The molecule has 0 spiro atoms. The number of pyridine rings is 1. The van der Waals surface area contributed by atoms with Crippen molar-refractivity contribution in [3.8, 4) is 11.5 Å². The molecule has 1 aromatic heterocycles. The van der Waals surface area contributed by atoms with Crippen molar-refractivity contribution in [2.45, 2.75) is 57.7 Å². The van der Waals surface area contributed by atoms with Gasteiger partial charge in [0.1, 0.15) is 5.82 Å². The van der Waals surface area contributed by atoms with Crippen molar-refractivity contribution in [2.24, 2.45) is 5.92 Å². The lowest BCUT2D eigenvalue weighted by Crippen LogP contribution is -2.38. The molecular weight excluding hydrogens is 576 g/mol. The van der Waals surface area contributed by atoms with E-state index < -0.39 is 0 Å². The average molecular weight is 619 g/mol. The molecule has 0 saturated heterocycles. The van der Waals surface area contributed by atoms with Gasteiger partial charge in [-0.25, -0.2) is 4.98 Å². The van der Waals surface area contributed by atoms with E-state index in [0.717, 1.165) is 66.2 Å². The maximum atomic E-state index is 11.5. The van der Waals surface area contributed by atoms with Crippen LogP contribution >= 0.6 is 11.6 Å². The highest BCUT2D eigenvalue weighted by Crippen LogP contribution is 2.43. The molecule has 2 aromatic carbocycles. The first-order chi connectivity index (χ1) is 21.2. The molecule has 234 valence electrons. The van der Waals surface area contributed by atoms with Crippen LogP contribution in [0.15, 0.2) is 60.9 Å². The topological polar surface area (TPSA) is 76.2 Å². The SMILES string of the molecule is COC(=O)CNC1CCC(CN(C)c2ccc(N3C=Cc4cc(OC)c(OC(C)C)cc4[C@@H]3c3ccc(Cl)cc3)cn2)CC1. The maximum absolute atomic E-state index is 11.5. The summed E-state index contributed by atoms with van der Waals surface area (Å²) in [4.78, 5) is 20.8. The van der Waals surface area contributed by atoms with E-state index in [2.05, 4.69) is 64.8 Å². The predicted molar refractivity (Wildman–Crippen MR) is 177 cm³/mol. The van der Waals surface area contributed by atoms with E-state index in [-0.39, 0.29) is 24.7 Å². The molecule has 1 atom stereocenters. The molecule has 1 aliphatic heterocycles. The number of carbonyl (C=O) groups excluding carboxylic acids is 1. The lowest BCUT2D eigenvalue weighted by Gasteiger charge is -2.36. The van der Waals surface area contributed by atoms with E-state index in [9.17, 15) is 4.79 Å². The van der Waals surface area contributed by atoms with Crippen LogP contribution in [0.3, 0.4) is 0 Å². The Morgan fingerprint density at radius 2 is 1.82 bits per heavy atom. The van der Waals surface area contributed by atoms with E-state index >= 15 is 0 Å². The largest absolute Gasteiger partial charge is 0.493 e. The van der Waals surface area contributed by atoms with Crippen molar-refractivity contribution >= 4 is 35.2 Å². The first kappa shape index (κ1) is 31.7. The number of aromatic nitrogens is 1. The van der Waals surface area contributed by atoms with Crippen LogP contribution in [-0.4, -0.2) is 57.5 Å². The van der Waals surface area contributed by atoms with Gasteiger partial charge in [0.15, 0.2) is 11.5 Å². The fraction of sp³-hybridized carbons (Fsp3) is 0.429. The normalized spacial score (nSPS) is 19.4. The smallest absolute Gasteiger partial charge is 0.319 e. The molecule has 3 aromatic rings. The molecule has 2 heterocycles. The second kappa shape index (κ2) is 14.4. The van der Waals surface area contributed by atoms with Crippen LogP contribution in [-0.2, 0) is 9.53 Å². The van der Waals surface area contributed by atoms with Gasteiger partial charge in [-0.1, -0.05) is 23.7 Å². The van der Waals surface area contributed by atoms with Crippen molar-refractivity contribution in [3.63, 3.8) is 0 Å². The summed E-state index contributed by atoms with van der Waals surface area (Å²) in [5, 5.41) is 4.03. The highest BCUT2D eigenvalue weighted by molar-refractivity contribution is 6.30. The van der Waals surface area contributed by atoms with E-state index in [0.29, 0.717) is 22.7 Å². The molecule has 0 unspecified atom stereocenters. The molecule has 2 aliphatic rings. The van der Waals surface area contributed by atoms with E-state index in [1.165, 1.54) is 7.11 Å². The summed E-state index contributed by atoms with van der Waals surface area (Å²) in [6.45, 7) is 5.25. The molecule has 0 bridgehead atoms. The number of halogens is 1. The molecule has 0 radical (unpaired) electrons. The lowest BCUT2D eigenvalue weighted by molar-refractivity contribution is -0.139. The van der Waals surface area contributed by atoms with Gasteiger partial charge >= 0.3 is 5.97 Å². The van der Waals surface area contributed by atoms with Gasteiger partial charge in [0.25, 0.3) is 0 Å². The quantitative estimate of drug-likeness (QED) is 0.233. The van der Waals surface area contributed by atoms with Crippen molar-refractivity contribution in [1.82, 2.24) is 10.3 Å². The van der Waals surface area contributed by atoms with Crippen LogP contribution in [0, 0.1) is 5.92 Å². The molecule has 9 heteroatoms. The number of methoxy groups -OCH3 is 2. The van der Waals surface area contributed by atoms with Crippen molar-refractivity contribution < 1.29 is 19.0 Å². The molecule has 0 amide bonds. The fourth-order valence-electron chi connectivity index (χ4n) is 6.18. The summed E-state index contributed by atoms with van der Waals surface area (Å²) in [5.74, 6) is 2.76. The Hall–Kier alpha value is -3.75. The van der Waals surface area contributed by atoms with Gasteiger partial charge in [0.05, 0.1) is 44.8 Å². The Morgan fingerprint density at radius 1 is 1.07 bits per heavy atom. The minimum atomic E-state index is -0.213. The van der Waals surface area contributed by atoms with Crippen LogP contribution in [0.25, 0.3) is 6.08 Å². The first-order valence-electron chi connectivity index (χ1n) is 15.3. The zero-order valence-corrected chi connectivity index (χ0v) is 27.0. The number of ether oxygens (including phenoxy) is 3. The monoisotopic (exact) mass is 618 g/mol. The molecule has 1 aliphatic carbocycles. The lowest BCUT2D eigenvalue weighted by atomic mass is 9.85. The second-order valence-corrected chi connectivity index (χ2v) is 12.3. The second-order valence-electron chi connectivity index (χ2n) is 11.9. The molecule has 5 rings (SSSR count). The molecule has 1 fully saturated rings. The number of anilines is 2. The van der Waals surface area contributed by atoms with Gasteiger partial charge in [0.2, 0.25) is 0 Å².